The van der Waals surface area contributed by atoms with Crippen molar-refractivity contribution in [1.29, 1.82) is 0 Å². The van der Waals surface area contributed by atoms with Crippen LogP contribution in [0.5, 0.6) is 0 Å². The topological polar surface area (TPSA) is 37.8 Å². The normalized spacial score (nSPS) is 12.4. The summed E-state index contributed by atoms with van der Waals surface area (Å²) in [5, 5.41) is 4.27. The number of nitrogens with one attached hydrogen (secondary N) is 1. The molecule has 0 saturated carbocycles. The molecule has 21 heavy (non-hydrogen) atoms. The molecule has 0 spiro atoms. The van der Waals surface area contributed by atoms with E-state index in [0.717, 1.165) is 28.5 Å². The van der Waals surface area contributed by atoms with Gasteiger partial charge in [0.05, 0.1) is 0 Å². The minimum atomic E-state index is -0.165. The molecular weight excluding hydrogens is 285 g/mol. The van der Waals surface area contributed by atoms with Crippen LogP contribution in [0.3, 0.4) is 0 Å². The van der Waals surface area contributed by atoms with Crippen molar-refractivity contribution in [2.75, 3.05) is 6.54 Å². The van der Waals surface area contributed by atoms with Gasteiger partial charge in [-0.25, -0.2) is 14.4 Å². The van der Waals surface area contributed by atoms with E-state index in [1.54, 1.807) is 30.9 Å². The maximum absolute atomic E-state index is 13.9. The van der Waals surface area contributed by atoms with Crippen molar-refractivity contribution in [3.63, 3.8) is 0 Å². The molecule has 5 heteroatoms. The van der Waals surface area contributed by atoms with Crippen LogP contribution in [0.25, 0.3) is 0 Å². The van der Waals surface area contributed by atoms with Crippen LogP contribution in [0, 0.1) is 12.7 Å². The molecule has 2 rings (SSSR count). The van der Waals surface area contributed by atoms with Gasteiger partial charge in [-0.05, 0) is 56.1 Å². The van der Waals surface area contributed by atoms with Crippen molar-refractivity contribution in [2.45, 2.75) is 43.2 Å². The Balaban J connectivity index is 2.31. The van der Waals surface area contributed by atoms with Crippen LogP contribution in [0.1, 0.15) is 37.4 Å². The molecule has 0 radical (unpaired) electrons. The molecule has 1 N–H and O–H groups in total. The van der Waals surface area contributed by atoms with Gasteiger partial charge in [0.15, 0.2) is 0 Å². The summed E-state index contributed by atoms with van der Waals surface area (Å²) in [6, 6.07) is 5.48. The zero-order valence-corrected chi connectivity index (χ0v) is 13.4. The van der Waals surface area contributed by atoms with Crippen LogP contribution >= 0.6 is 11.8 Å². The minimum absolute atomic E-state index is 0.101. The van der Waals surface area contributed by atoms with E-state index in [2.05, 4.69) is 29.1 Å². The Morgan fingerprint density at radius 3 is 2.86 bits per heavy atom. The van der Waals surface area contributed by atoms with E-state index in [1.807, 2.05) is 12.1 Å². The zero-order valence-electron chi connectivity index (χ0n) is 12.6. The standard InChI is InChI=1S/C16H20FN3S/c1-4-6-19-12(3)13-9-14(17)11(2)8-15(13)21-16-5-7-18-10-20-16/h5,7-10,12,19H,4,6H2,1-3H3. The molecule has 1 aromatic carbocycles. The van der Waals surface area contributed by atoms with Gasteiger partial charge in [-0.1, -0.05) is 18.7 Å². The van der Waals surface area contributed by atoms with Gasteiger partial charge in [-0.3, -0.25) is 0 Å². The Bertz CT molecular complexity index is 590. The third-order valence-corrected chi connectivity index (χ3v) is 4.25. The third-order valence-electron chi connectivity index (χ3n) is 3.23. The van der Waals surface area contributed by atoms with Gasteiger partial charge in [0.25, 0.3) is 0 Å². The average Bonchev–Trinajstić information content (AvgIpc) is 2.49. The lowest BCUT2D eigenvalue weighted by molar-refractivity contribution is 0.552. The van der Waals surface area contributed by atoms with Gasteiger partial charge in [-0.15, -0.1) is 0 Å². The van der Waals surface area contributed by atoms with E-state index in [-0.39, 0.29) is 11.9 Å². The molecule has 1 atom stereocenters. The van der Waals surface area contributed by atoms with Crippen molar-refractivity contribution in [3.05, 3.63) is 47.7 Å². The smallest absolute Gasteiger partial charge is 0.126 e. The van der Waals surface area contributed by atoms with Crippen LogP contribution in [0.4, 0.5) is 4.39 Å². The van der Waals surface area contributed by atoms with E-state index in [1.165, 1.54) is 6.33 Å². The van der Waals surface area contributed by atoms with Crippen LogP contribution < -0.4 is 5.32 Å². The Morgan fingerprint density at radius 1 is 1.38 bits per heavy atom. The predicted octanol–water partition coefficient (Wildman–Crippen LogP) is 4.14. The first kappa shape index (κ1) is 15.9. The lowest BCUT2D eigenvalue weighted by Crippen LogP contribution is -2.20. The Labute approximate surface area is 129 Å². The molecule has 0 fully saturated rings. The van der Waals surface area contributed by atoms with E-state index < -0.39 is 0 Å². The van der Waals surface area contributed by atoms with Gasteiger partial charge >= 0.3 is 0 Å². The first-order valence-corrected chi connectivity index (χ1v) is 7.90. The molecule has 0 aliphatic heterocycles. The third kappa shape index (κ3) is 4.25. The zero-order chi connectivity index (χ0) is 15.2. The molecule has 0 aliphatic rings. The molecular formula is C16H20FN3S. The summed E-state index contributed by atoms with van der Waals surface area (Å²) in [5.74, 6) is -0.165. The van der Waals surface area contributed by atoms with E-state index >= 15 is 0 Å². The first-order chi connectivity index (χ1) is 10.1. The second-order valence-corrected chi connectivity index (χ2v) is 6.03. The summed E-state index contributed by atoms with van der Waals surface area (Å²) in [7, 11) is 0. The molecule has 0 bridgehead atoms. The lowest BCUT2D eigenvalue weighted by Gasteiger charge is -2.18. The molecule has 3 nitrogen and oxygen atoms in total. The fraction of sp³-hybridized carbons (Fsp3) is 0.375. The summed E-state index contributed by atoms with van der Waals surface area (Å²) >= 11 is 1.54. The number of hydrogen-bond donors (Lipinski definition) is 1. The van der Waals surface area contributed by atoms with Crippen molar-refractivity contribution < 1.29 is 4.39 Å². The summed E-state index contributed by atoms with van der Waals surface area (Å²) < 4.78 is 13.9. The molecule has 0 saturated heterocycles. The summed E-state index contributed by atoms with van der Waals surface area (Å²) in [6.07, 6.45) is 4.29. The molecule has 2 aromatic rings. The molecule has 1 aromatic heterocycles. The summed E-state index contributed by atoms with van der Waals surface area (Å²) in [4.78, 5) is 9.18. The van der Waals surface area contributed by atoms with Crippen LogP contribution in [0.2, 0.25) is 0 Å². The fourth-order valence-electron chi connectivity index (χ4n) is 2.02. The second-order valence-electron chi connectivity index (χ2n) is 4.96. The van der Waals surface area contributed by atoms with Gasteiger partial charge in [-0.2, -0.15) is 0 Å². The van der Waals surface area contributed by atoms with Crippen molar-refractivity contribution in [2.24, 2.45) is 0 Å². The molecule has 1 unspecified atom stereocenters. The molecule has 1 heterocycles. The monoisotopic (exact) mass is 305 g/mol. The largest absolute Gasteiger partial charge is 0.310 e. The van der Waals surface area contributed by atoms with Crippen LogP contribution in [0.15, 0.2) is 40.6 Å². The number of nitrogens with zero attached hydrogens (tertiary/aromatic N) is 2. The number of halogens is 1. The highest BCUT2D eigenvalue weighted by atomic mass is 32.2. The number of rotatable bonds is 6. The maximum Gasteiger partial charge on any atom is 0.126 e. The van der Waals surface area contributed by atoms with Gasteiger partial charge in [0, 0.05) is 17.1 Å². The Kier molecular flexibility index (Phi) is 5.70. The Morgan fingerprint density at radius 2 is 2.19 bits per heavy atom. The van der Waals surface area contributed by atoms with E-state index in [0.29, 0.717) is 5.56 Å². The summed E-state index contributed by atoms with van der Waals surface area (Å²) in [6.45, 7) is 6.87. The van der Waals surface area contributed by atoms with Gasteiger partial charge in [0.1, 0.15) is 17.2 Å². The highest BCUT2D eigenvalue weighted by molar-refractivity contribution is 7.99. The minimum Gasteiger partial charge on any atom is -0.310 e. The number of aryl methyl sites for hydroxylation is 1. The quantitative estimate of drug-likeness (QED) is 0.814. The highest BCUT2D eigenvalue weighted by Crippen LogP contribution is 2.33. The van der Waals surface area contributed by atoms with Crippen LogP contribution in [-0.2, 0) is 0 Å². The van der Waals surface area contributed by atoms with Crippen molar-refractivity contribution in [1.82, 2.24) is 15.3 Å². The molecule has 0 amide bonds. The fourth-order valence-corrected chi connectivity index (χ4v) is 3.06. The predicted molar refractivity (Wildman–Crippen MR) is 84.0 cm³/mol. The second kappa shape index (κ2) is 7.52. The summed E-state index contributed by atoms with van der Waals surface area (Å²) in [5.41, 5.74) is 1.62. The van der Waals surface area contributed by atoms with Crippen LogP contribution in [-0.4, -0.2) is 16.5 Å². The Hall–Kier alpha value is -1.46. The van der Waals surface area contributed by atoms with Gasteiger partial charge in [0.2, 0.25) is 0 Å². The maximum atomic E-state index is 13.9. The number of hydrogen-bond acceptors (Lipinski definition) is 4. The van der Waals surface area contributed by atoms with E-state index in [9.17, 15) is 4.39 Å². The lowest BCUT2D eigenvalue weighted by atomic mass is 10.1. The first-order valence-electron chi connectivity index (χ1n) is 7.09. The highest BCUT2D eigenvalue weighted by Gasteiger charge is 2.14. The van der Waals surface area contributed by atoms with Gasteiger partial charge < -0.3 is 5.32 Å². The number of benzene rings is 1. The van der Waals surface area contributed by atoms with E-state index in [4.69, 9.17) is 0 Å². The molecule has 112 valence electrons. The SMILES string of the molecule is CCCNC(C)c1cc(F)c(C)cc1Sc1ccncn1. The average molecular weight is 305 g/mol. The van der Waals surface area contributed by atoms with Crippen molar-refractivity contribution >= 4 is 11.8 Å². The molecule has 0 aliphatic carbocycles. The number of aromatic nitrogens is 2. The van der Waals surface area contributed by atoms with Crippen molar-refractivity contribution in [3.8, 4) is 0 Å².